The molecular formula is C22H18N6O4. The van der Waals surface area contributed by atoms with Gasteiger partial charge >= 0.3 is 0 Å². The number of imidazole rings is 1. The van der Waals surface area contributed by atoms with E-state index in [4.69, 9.17) is 4.74 Å². The highest BCUT2D eigenvalue weighted by atomic mass is 16.6. The topological polar surface area (TPSA) is 125 Å². The van der Waals surface area contributed by atoms with E-state index in [0.29, 0.717) is 34.5 Å². The van der Waals surface area contributed by atoms with E-state index < -0.39 is 4.92 Å². The lowest BCUT2D eigenvalue weighted by molar-refractivity contribution is -0.384. The maximum Gasteiger partial charge on any atom is 0.269 e. The van der Waals surface area contributed by atoms with Gasteiger partial charge in [0.25, 0.3) is 11.6 Å². The van der Waals surface area contributed by atoms with Gasteiger partial charge in [-0.15, -0.1) is 0 Å². The van der Waals surface area contributed by atoms with E-state index in [-0.39, 0.29) is 11.6 Å². The summed E-state index contributed by atoms with van der Waals surface area (Å²) in [6.07, 6.45) is 3.50. The van der Waals surface area contributed by atoms with Gasteiger partial charge in [-0.3, -0.25) is 19.5 Å². The molecule has 2 aromatic carbocycles. The molecule has 0 aliphatic carbocycles. The zero-order valence-corrected chi connectivity index (χ0v) is 17.2. The quantitative estimate of drug-likeness (QED) is 0.358. The predicted molar refractivity (Wildman–Crippen MR) is 116 cm³/mol. The Morgan fingerprint density at radius 3 is 2.41 bits per heavy atom. The molecule has 160 valence electrons. The van der Waals surface area contributed by atoms with Crippen LogP contribution in [0.25, 0.3) is 5.82 Å². The number of nitrogens with one attached hydrogen (secondary N) is 1. The summed E-state index contributed by atoms with van der Waals surface area (Å²) < 4.78 is 7.69. The Kier molecular flexibility index (Phi) is 5.58. The number of amides is 1. The predicted octanol–water partition coefficient (Wildman–Crippen LogP) is 4.23. The minimum absolute atomic E-state index is 0.0747. The molecule has 0 spiro atoms. The Morgan fingerprint density at radius 2 is 1.78 bits per heavy atom. The summed E-state index contributed by atoms with van der Waals surface area (Å²) in [5, 5.41) is 13.5. The molecule has 0 aliphatic heterocycles. The summed E-state index contributed by atoms with van der Waals surface area (Å²) in [7, 11) is 0. The summed E-state index contributed by atoms with van der Waals surface area (Å²) in [5.41, 5.74) is 0.790. The van der Waals surface area contributed by atoms with Crippen LogP contribution in [0, 0.1) is 24.0 Å². The summed E-state index contributed by atoms with van der Waals surface area (Å²) in [5.74, 6) is 2.53. The van der Waals surface area contributed by atoms with E-state index in [2.05, 4.69) is 20.3 Å². The van der Waals surface area contributed by atoms with Crippen LogP contribution in [0.5, 0.6) is 11.6 Å². The molecule has 4 aromatic rings. The number of hydrogen-bond acceptors (Lipinski definition) is 7. The van der Waals surface area contributed by atoms with Gasteiger partial charge in [0, 0.05) is 41.8 Å². The molecule has 0 saturated heterocycles. The van der Waals surface area contributed by atoms with Gasteiger partial charge in [-0.2, -0.15) is 4.98 Å². The molecule has 0 bridgehead atoms. The van der Waals surface area contributed by atoms with Crippen molar-refractivity contribution in [2.24, 2.45) is 0 Å². The number of ether oxygens (including phenoxy) is 1. The third kappa shape index (κ3) is 4.59. The Bertz CT molecular complexity index is 1280. The monoisotopic (exact) mass is 430 g/mol. The number of benzene rings is 2. The van der Waals surface area contributed by atoms with Crippen LogP contribution in [-0.4, -0.2) is 30.3 Å². The van der Waals surface area contributed by atoms with Crippen molar-refractivity contribution < 1.29 is 14.5 Å². The molecular weight excluding hydrogens is 412 g/mol. The first-order chi connectivity index (χ1) is 15.4. The van der Waals surface area contributed by atoms with Gasteiger partial charge in [0.05, 0.1) is 4.92 Å². The van der Waals surface area contributed by atoms with E-state index >= 15 is 0 Å². The van der Waals surface area contributed by atoms with Gasteiger partial charge in [-0.25, -0.2) is 9.97 Å². The molecule has 2 aromatic heterocycles. The fourth-order valence-corrected chi connectivity index (χ4v) is 2.99. The molecule has 10 heteroatoms. The Balaban J connectivity index is 1.45. The van der Waals surface area contributed by atoms with Gasteiger partial charge in [-0.05, 0) is 50.2 Å². The number of nitro groups is 1. The second-order valence-corrected chi connectivity index (χ2v) is 6.84. The summed E-state index contributed by atoms with van der Waals surface area (Å²) in [6, 6.07) is 13.9. The number of carbonyl (C=O) groups excluding carboxylic acids is 1. The highest BCUT2D eigenvalue weighted by Crippen LogP contribution is 2.24. The highest BCUT2D eigenvalue weighted by molar-refractivity contribution is 6.04. The number of hydrogen-bond donors (Lipinski definition) is 1. The smallest absolute Gasteiger partial charge is 0.269 e. The van der Waals surface area contributed by atoms with Crippen LogP contribution in [0.1, 0.15) is 22.0 Å². The summed E-state index contributed by atoms with van der Waals surface area (Å²) in [4.78, 5) is 35.5. The van der Waals surface area contributed by atoms with E-state index in [1.54, 1.807) is 43.5 Å². The van der Waals surface area contributed by atoms with Crippen molar-refractivity contribution in [1.29, 1.82) is 0 Å². The number of anilines is 1. The SMILES string of the molecule is Cc1nc(Oc2ccc(NC(=O)c3ccc([N+](=O)[O-])cc3)cc2)cc(-n2ccnc2C)n1. The van der Waals surface area contributed by atoms with Crippen molar-refractivity contribution in [1.82, 2.24) is 19.5 Å². The molecule has 0 unspecified atom stereocenters. The van der Waals surface area contributed by atoms with Crippen LogP contribution >= 0.6 is 0 Å². The minimum Gasteiger partial charge on any atom is -0.439 e. The van der Waals surface area contributed by atoms with Crippen LogP contribution in [-0.2, 0) is 0 Å². The first-order valence-corrected chi connectivity index (χ1v) is 9.59. The number of non-ortho nitro benzene ring substituents is 1. The number of nitro benzene ring substituents is 1. The second kappa shape index (κ2) is 8.64. The lowest BCUT2D eigenvalue weighted by Crippen LogP contribution is -2.11. The molecule has 2 heterocycles. The molecule has 32 heavy (non-hydrogen) atoms. The van der Waals surface area contributed by atoms with E-state index in [0.717, 1.165) is 5.82 Å². The van der Waals surface area contributed by atoms with Crippen LogP contribution in [0.4, 0.5) is 11.4 Å². The molecule has 0 aliphatic rings. The number of aryl methyl sites for hydroxylation is 2. The van der Waals surface area contributed by atoms with E-state index in [9.17, 15) is 14.9 Å². The molecule has 0 atom stereocenters. The molecule has 1 N–H and O–H groups in total. The minimum atomic E-state index is -0.515. The van der Waals surface area contributed by atoms with E-state index in [1.807, 2.05) is 17.7 Å². The maximum atomic E-state index is 12.3. The fourth-order valence-electron chi connectivity index (χ4n) is 2.99. The van der Waals surface area contributed by atoms with Crippen molar-refractivity contribution in [2.45, 2.75) is 13.8 Å². The van der Waals surface area contributed by atoms with Crippen LogP contribution in [0.2, 0.25) is 0 Å². The van der Waals surface area contributed by atoms with Crippen LogP contribution in [0.3, 0.4) is 0 Å². The van der Waals surface area contributed by atoms with E-state index in [1.165, 1.54) is 24.3 Å². The average molecular weight is 430 g/mol. The Hall–Kier alpha value is -4.60. The number of rotatable bonds is 6. The lowest BCUT2D eigenvalue weighted by atomic mass is 10.2. The molecule has 0 saturated carbocycles. The van der Waals surface area contributed by atoms with Gasteiger partial charge in [0.2, 0.25) is 5.88 Å². The maximum absolute atomic E-state index is 12.3. The van der Waals surface area contributed by atoms with Crippen LogP contribution in [0.15, 0.2) is 67.0 Å². The average Bonchev–Trinajstić information content (AvgIpc) is 3.20. The zero-order chi connectivity index (χ0) is 22.7. The van der Waals surface area contributed by atoms with Gasteiger partial charge in [0.1, 0.15) is 23.2 Å². The van der Waals surface area contributed by atoms with Gasteiger partial charge in [-0.1, -0.05) is 0 Å². The van der Waals surface area contributed by atoms with Gasteiger partial charge in [0.15, 0.2) is 0 Å². The molecule has 4 rings (SSSR count). The Labute approximate surface area is 182 Å². The molecule has 0 radical (unpaired) electrons. The fraction of sp³-hybridized carbons (Fsp3) is 0.0909. The first kappa shape index (κ1) is 20.7. The number of nitrogens with zero attached hydrogens (tertiary/aromatic N) is 5. The van der Waals surface area contributed by atoms with Crippen molar-refractivity contribution >= 4 is 17.3 Å². The second-order valence-electron chi connectivity index (χ2n) is 6.84. The van der Waals surface area contributed by atoms with Crippen molar-refractivity contribution in [3.05, 3.63) is 94.3 Å². The summed E-state index contributed by atoms with van der Waals surface area (Å²) in [6.45, 7) is 3.65. The van der Waals surface area contributed by atoms with Crippen molar-refractivity contribution in [2.75, 3.05) is 5.32 Å². The largest absolute Gasteiger partial charge is 0.439 e. The molecule has 1 amide bonds. The normalized spacial score (nSPS) is 10.6. The highest BCUT2D eigenvalue weighted by Gasteiger charge is 2.11. The van der Waals surface area contributed by atoms with Crippen LogP contribution < -0.4 is 10.1 Å². The van der Waals surface area contributed by atoms with Crippen molar-refractivity contribution in [3.8, 4) is 17.4 Å². The molecule has 10 nitrogen and oxygen atoms in total. The van der Waals surface area contributed by atoms with Crippen molar-refractivity contribution in [3.63, 3.8) is 0 Å². The number of aromatic nitrogens is 4. The lowest BCUT2D eigenvalue weighted by Gasteiger charge is -2.10. The third-order valence-electron chi connectivity index (χ3n) is 4.55. The number of carbonyl (C=O) groups is 1. The first-order valence-electron chi connectivity index (χ1n) is 9.59. The zero-order valence-electron chi connectivity index (χ0n) is 17.2. The van der Waals surface area contributed by atoms with Gasteiger partial charge < -0.3 is 10.1 Å². The standard InChI is InChI=1S/C22H18N6O4/c1-14-24-20(27-12-11-23-15(27)2)13-21(25-14)32-19-9-5-17(6-10-19)26-22(29)16-3-7-18(8-4-16)28(30)31/h3-13H,1-2H3,(H,26,29). The third-order valence-corrected chi connectivity index (χ3v) is 4.55. The summed E-state index contributed by atoms with van der Waals surface area (Å²) >= 11 is 0. The molecule has 0 fully saturated rings. The Morgan fingerprint density at radius 1 is 1.06 bits per heavy atom.